The minimum absolute atomic E-state index is 0.393. The second kappa shape index (κ2) is 4.71. The van der Waals surface area contributed by atoms with Crippen molar-refractivity contribution in [3.63, 3.8) is 0 Å². The van der Waals surface area contributed by atoms with Crippen molar-refractivity contribution >= 4 is 0 Å². The number of ether oxygens (including phenoxy) is 1. The summed E-state index contributed by atoms with van der Waals surface area (Å²) in [7, 11) is 1.60. The topological polar surface area (TPSA) is 78.9 Å². The van der Waals surface area contributed by atoms with Crippen LogP contribution in [0.3, 0.4) is 0 Å². The molecule has 84 valence electrons. The van der Waals surface area contributed by atoms with E-state index in [1.807, 2.05) is 18.3 Å². The maximum atomic E-state index is 5.46. The first-order valence-corrected chi connectivity index (χ1v) is 4.90. The molecule has 2 heterocycles. The molecule has 2 N–H and O–H groups in total. The number of nitrogens with zero attached hydrogens (tertiary/aromatic N) is 4. The molecule has 0 amide bonds. The molecular formula is C10H13N5O. The summed E-state index contributed by atoms with van der Waals surface area (Å²) in [5, 5.41) is 7.87. The van der Waals surface area contributed by atoms with E-state index in [2.05, 4.69) is 15.3 Å². The van der Waals surface area contributed by atoms with Crippen molar-refractivity contribution in [1.82, 2.24) is 20.0 Å². The van der Waals surface area contributed by atoms with Gasteiger partial charge in [-0.1, -0.05) is 11.3 Å². The Morgan fingerprint density at radius 2 is 2.38 bits per heavy atom. The number of aromatic nitrogens is 4. The summed E-state index contributed by atoms with van der Waals surface area (Å²) in [4.78, 5) is 4.11. The molecule has 0 aliphatic rings. The van der Waals surface area contributed by atoms with Crippen molar-refractivity contribution < 1.29 is 4.74 Å². The van der Waals surface area contributed by atoms with E-state index in [0.717, 1.165) is 11.3 Å². The number of rotatable bonds is 4. The molecule has 16 heavy (non-hydrogen) atoms. The number of hydrogen-bond donors (Lipinski definition) is 1. The average Bonchev–Trinajstić information content (AvgIpc) is 2.77. The zero-order valence-electron chi connectivity index (χ0n) is 9.00. The lowest BCUT2D eigenvalue weighted by atomic mass is 10.3. The van der Waals surface area contributed by atoms with Gasteiger partial charge in [-0.3, -0.25) is 0 Å². The van der Waals surface area contributed by atoms with Crippen LogP contribution in [-0.4, -0.2) is 27.1 Å². The molecule has 6 heteroatoms. The van der Waals surface area contributed by atoms with Crippen molar-refractivity contribution in [3.8, 4) is 5.88 Å². The fraction of sp³-hybridized carbons (Fsp3) is 0.300. The summed E-state index contributed by atoms with van der Waals surface area (Å²) in [5.74, 6) is 0.604. The second-order valence-electron chi connectivity index (χ2n) is 3.28. The number of nitrogens with two attached hydrogens (primary N) is 1. The molecule has 0 bridgehead atoms. The summed E-state index contributed by atoms with van der Waals surface area (Å²) >= 11 is 0. The molecule has 0 fully saturated rings. The second-order valence-corrected chi connectivity index (χ2v) is 3.28. The van der Waals surface area contributed by atoms with Crippen molar-refractivity contribution in [2.45, 2.75) is 13.1 Å². The summed E-state index contributed by atoms with van der Waals surface area (Å²) < 4.78 is 6.86. The zero-order chi connectivity index (χ0) is 11.4. The van der Waals surface area contributed by atoms with Crippen LogP contribution in [0.2, 0.25) is 0 Å². The molecule has 0 atom stereocenters. The third-order valence-corrected chi connectivity index (χ3v) is 2.17. The highest BCUT2D eigenvalue weighted by molar-refractivity contribution is 5.25. The lowest BCUT2D eigenvalue weighted by Crippen LogP contribution is -2.03. The highest BCUT2D eigenvalue weighted by atomic mass is 16.5. The maximum Gasteiger partial charge on any atom is 0.218 e. The van der Waals surface area contributed by atoms with Crippen LogP contribution in [0.1, 0.15) is 11.3 Å². The SMILES string of the molecule is COc1ncccc1Cn1cc(CN)nn1. The number of pyridine rings is 1. The normalized spacial score (nSPS) is 10.4. The molecule has 0 saturated heterocycles. The molecule has 0 aromatic carbocycles. The van der Waals surface area contributed by atoms with Crippen molar-refractivity contribution in [3.05, 3.63) is 35.8 Å². The molecule has 2 aromatic rings. The van der Waals surface area contributed by atoms with Crippen LogP contribution in [-0.2, 0) is 13.1 Å². The van der Waals surface area contributed by atoms with Crippen molar-refractivity contribution in [2.24, 2.45) is 5.73 Å². The van der Waals surface area contributed by atoms with Crippen LogP contribution in [0.4, 0.5) is 0 Å². The van der Waals surface area contributed by atoms with Gasteiger partial charge in [0, 0.05) is 18.3 Å². The van der Waals surface area contributed by atoms with Crippen LogP contribution in [0.5, 0.6) is 5.88 Å². The summed E-state index contributed by atoms with van der Waals surface area (Å²) in [6.45, 7) is 0.966. The predicted molar refractivity (Wildman–Crippen MR) is 57.8 cm³/mol. The summed E-state index contributed by atoms with van der Waals surface area (Å²) in [5.41, 5.74) is 7.18. The molecule has 0 saturated carbocycles. The maximum absolute atomic E-state index is 5.46. The molecule has 0 aliphatic carbocycles. The Morgan fingerprint density at radius 3 is 3.06 bits per heavy atom. The Labute approximate surface area is 93.1 Å². The molecule has 2 rings (SSSR count). The summed E-state index contributed by atoms with van der Waals surface area (Å²) in [6.07, 6.45) is 3.50. The third-order valence-electron chi connectivity index (χ3n) is 2.17. The van der Waals surface area contributed by atoms with E-state index < -0.39 is 0 Å². The van der Waals surface area contributed by atoms with Gasteiger partial charge < -0.3 is 10.5 Å². The third kappa shape index (κ3) is 2.17. The van der Waals surface area contributed by atoms with Gasteiger partial charge in [0.15, 0.2) is 0 Å². The fourth-order valence-corrected chi connectivity index (χ4v) is 1.41. The predicted octanol–water partition coefficient (Wildman–Crippen LogP) is 0.189. The van der Waals surface area contributed by atoms with Crippen LogP contribution < -0.4 is 10.5 Å². The summed E-state index contributed by atoms with van der Waals surface area (Å²) in [6, 6.07) is 3.80. The average molecular weight is 219 g/mol. The first-order chi connectivity index (χ1) is 7.83. The zero-order valence-corrected chi connectivity index (χ0v) is 9.00. The monoisotopic (exact) mass is 219 g/mol. The quantitative estimate of drug-likeness (QED) is 0.794. The van der Waals surface area contributed by atoms with E-state index in [0.29, 0.717) is 19.0 Å². The largest absolute Gasteiger partial charge is 0.481 e. The van der Waals surface area contributed by atoms with E-state index in [9.17, 15) is 0 Å². The first kappa shape index (κ1) is 10.6. The Hall–Kier alpha value is -1.95. The minimum atomic E-state index is 0.393. The van der Waals surface area contributed by atoms with Crippen LogP contribution in [0.15, 0.2) is 24.5 Å². The standard InChI is InChI=1S/C10H13N5O/c1-16-10-8(3-2-4-12-10)6-15-7-9(5-11)13-14-15/h2-4,7H,5-6,11H2,1H3. The molecule has 0 spiro atoms. The molecule has 0 radical (unpaired) electrons. The van der Waals surface area contributed by atoms with Crippen molar-refractivity contribution in [1.29, 1.82) is 0 Å². The van der Waals surface area contributed by atoms with Crippen LogP contribution in [0.25, 0.3) is 0 Å². The van der Waals surface area contributed by atoms with E-state index in [4.69, 9.17) is 10.5 Å². The first-order valence-electron chi connectivity index (χ1n) is 4.90. The smallest absolute Gasteiger partial charge is 0.218 e. The van der Waals surface area contributed by atoms with Gasteiger partial charge in [-0.2, -0.15) is 0 Å². The molecule has 6 nitrogen and oxygen atoms in total. The molecular weight excluding hydrogens is 206 g/mol. The van der Waals surface area contributed by atoms with Gasteiger partial charge >= 0.3 is 0 Å². The highest BCUT2D eigenvalue weighted by Crippen LogP contribution is 2.14. The lowest BCUT2D eigenvalue weighted by molar-refractivity contribution is 0.390. The van der Waals surface area contributed by atoms with E-state index in [-0.39, 0.29) is 0 Å². The van der Waals surface area contributed by atoms with Gasteiger partial charge in [-0.05, 0) is 6.07 Å². The Kier molecular flexibility index (Phi) is 3.11. The molecule has 2 aromatic heterocycles. The van der Waals surface area contributed by atoms with E-state index in [1.54, 1.807) is 18.0 Å². The molecule has 0 unspecified atom stereocenters. The van der Waals surface area contributed by atoms with E-state index in [1.165, 1.54) is 0 Å². The van der Waals surface area contributed by atoms with Crippen LogP contribution >= 0.6 is 0 Å². The Bertz CT molecular complexity index is 468. The molecule has 0 aliphatic heterocycles. The van der Waals surface area contributed by atoms with Gasteiger partial charge in [-0.25, -0.2) is 9.67 Å². The highest BCUT2D eigenvalue weighted by Gasteiger charge is 2.05. The van der Waals surface area contributed by atoms with Gasteiger partial charge in [0.1, 0.15) is 0 Å². The fourth-order valence-electron chi connectivity index (χ4n) is 1.41. The number of hydrogen-bond acceptors (Lipinski definition) is 5. The minimum Gasteiger partial charge on any atom is -0.481 e. The van der Waals surface area contributed by atoms with Crippen molar-refractivity contribution in [2.75, 3.05) is 7.11 Å². The van der Waals surface area contributed by atoms with Gasteiger partial charge in [0.2, 0.25) is 5.88 Å². The van der Waals surface area contributed by atoms with Gasteiger partial charge in [0.05, 0.1) is 25.5 Å². The Balaban J connectivity index is 2.19. The number of methoxy groups -OCH3 is 1. The van der Waals surface area contributed by atoms with E-state index >= 15 is 0 Å². The van der Waals surface area contributed by atoms with Crippen LogP contribution in [0, 0.1) is 0 Å². The lowest BCUT2D eigenvalue weighted by Gasteiger charge is -2.05. The van der Waals surface area contributed by atoms with Gasteiger partial charge in [-0.15, -0.1) is 5.10 Å². The Morgan fingerprint density at radius 1 is 1.50 bits per heavy atom. The van der Waals surface area contributed by atoms with Gasteiger partial charge in [0.25, 0.3) is 0 Å².